The van der Waals surface area contributed by atoms with Crippen LogP contribution in [-0.2, 0) is 16.1 Å². The number of carboxylic acid groups (broad SMARTS) is 1. The number of hydrogen-bond donors (Lipinski definition) is 2. The van der Waals surface area contributed by atoms with Crippen molar-refractivity contribution in [3.63, 3.8) is 0 Å². The molecular weight excluding hydrogens is 364 g/mol. The summed E-state index contributed by atoms with van der Waals surface area (Å²) >= 11 is 0. The highest BCUT2D eigenvalue weighted by Crippen LogP contribution is 2.18. The zero-order valence-corrected chi connectivity index (χ0v) is 18.4. The van der Waals surface area contributed by atoms with Crippen molar-refractivity contribution in [2.75, 3.05) is 0 Å². The second-order valence-electron chi connectivity index (χ2n) is 8.20. The second-order valence-corrected chi connectivity index (χ2v) is 8.20. The number of aliphatic hydroxyl groups is 1. The number of unbranched alkanes of at least 4 members (excludes halogenated alkanes) is 6. The molecule has 0 aliphatic carbocycles. The first-order valence-electron chi connectivity index (χ1n) is 11.7. The van der Waals surface area contributed by atoms with Crippen LogP contribution in [0.4, 0.5) is 0 Å². The highest BCUT2D eigenvalue weighted by atomic mass is 16.5. The summed E-state index contributed by atoms with van der Waals surface area (Å²) in [7, 11) is 0. The smallest absolute Gasteiger partial charge is 0.303 e. The Labute approximate surface area is 177 Å². The van der Waals surface area contributed by atoms with Crippen LogP contribution in [0.25, 0.3) is 0 Å². The van der Waals surface area contributed by atoms with Crippen LogP contribution in [-0.4, -0.2) is 28.4 Å². The Hall–Kier alpha value is -1.39. The first-order valence-corrected chi connectivity index (χ1v) is 11.7. The van der Waals surface area contributed by atoms with Crippen molar-refractivity contribution < 1.29 is 19.7 Å². The average molecular weight is 407 g/mol. The lowest BCUT2D eigenvalue weighted by atomic mass is 10.0. The number of rotatable bonds is 19. The van der Waals surface area contributed by atoms with Gasteiger partial charge in [-0.2, -0.15) is 0 Å². The number of carboxylic acids is 1. The van der Waals surface area contributed by atoms with E-state index in [0.717, 1.165) is 57.8 Å². The van der Waals surface area contributed by atoms with Crippen molar-refractivity contribution in [3.8, 4) is 0 Å². The summed E-state index contributed by atoms with van der Waals surface area (Å²) in [5.74, 6) is -0.686. The molecule has 2 atom stereocenters. The molecule has 1 aromatic carbocycles. The van der Waals surface area contributed by atoms with Crippen molar-refractivity contribution >= 4 is 5.97 Å². The fraction of sp³-hybridized carbons (Fsp3) is 0.720. The Kier molecular flexibility index (Phi) is 15.4. The molecule has 0 saturated carbocycles. The molecule has 1 aromatic rings. The topological polar surface area (TPSA) is 66.8 Å². The molecular formula is C25H42O4. The van der Waals surface area contributed by atoms with Gasteiger partial charge in [0, 0.05) is 6.42 Å². The van der Waals surface area contributed by atoms with Crippen molar-refractivity contribution in [1.29, 1.82) is 0 Å². The summed E-state index contributed by atoms with van der Waals surface area (Å²) in [6.45, 7) is 2.77. The largest absolute Gasteiger partial charge is 0.481 e. The van der Waals surface area contributed by atoms with Gasteiger partial charge in [-0.05, 0) is 44.1 Å². The van der Waals surface area contributed by atoms with Crippen LogP contribution in [0, 0.1) is 0 Å². The van der Waals surface area contributed by atoms with Gasteiger partial charge in [0.25, 0.3) is 0 Å². The molecule has 1 rings (SSSR count). The molecule has 0 heterocycles. The number of ether oxygens (including phenoxy) is 1. The molecule has 0 aliphatic heterocycles. The maximum Gasteiger partial charge on any atom is 0.303 e. The summed E-state index contributed by atoms with van der Waals surface area (Å²) in [5, 5.41) is 18.6. The molecule has 166 valence electrons. The standard InChI is InChI=1S/C25H42O4/c1-2-14-23(26)17-13-19-24(29-21-22-15-9-8-10-16-22)18-11-6-4-3-5-7-12-20-25(27)28/h8-10,15-16,23-24,26H,2-7,11-14,17-21H2,1H3,(H,27,28). The fourth-order valence-corrected chi connectivity index (χ4v) is 3.69. The van der Waals surface area contributed by atoms with Crippen molar-refractivity contribution in [3.05, 3.63) is 35.9 Å². The molecule has 0 radical (unpaired) electrons. The lowest BCUT2D eigenvalue weighted by Crippen LogP contribution is -2.15. The Morgan fingerprint density at radius 2 is 1.48 bits per heavy atom. The number of aliphatic carboxylic acids is 1. The predicted molar refractivity (Wildman–Crippen MR) is 119 cm³/mol. The predicted octanol–water partition coefficient (Wildman–Crippen LogP) is 6.50. The second kappa shape index (κ2) is 17.5. The quantitative estimate of drug-likeness (QED) is 0.257. The van der Waals surface area contributed by atoms with Gasteiger partial charge in [0.05, 0.1) is 18.8 Å². The minimum absolute atomic E-state index is 0.170. The van der Waals surface area contributed by atoms with Gasteiger partial charge in [-0.1, -0.05) is 82.2 Å². The molecule has 0 fully saturated rings. The Morgan fingerprint density at radius 3 is 2.14 bits per heavy atom. The van der Waals surface area contributed by atoms with Gasteiger partial charge in [0.15, 0.2) is 0 Å². The average Bonchev–Trinajstić information content (AvgIpc) is 2.71. The maximum atomic E-state index is 10.5. The van der Waals surface area contributed by atoms with Crippen LogP contribution >= 0.6 is 0 Å². The third kappa shape index (κ3) is 15.2. The number of hydrogen-bond acceptors (Lipinski definition) is 3. The van der Waals surface area contributed by atoms with E-state index in [4.69, 9.17) is 9.84 Å². The highest BCUT2D eigenvalue weighted by molar-refractivity contribution is 5.66. The van der Waals surface area contributed by atoms with Crippen molar-refractivity contribution in [1.82, 2.24) is 0 Å². The summed E-state index contributed by atoms with van der Waals surface area (Å²) in [5.41, 5.74) is 1.21. The lowest BCUT2D eigenvalue weighted by Gasteiger charge is -2.19. The molecule has 0 amide bonds. The third-order valence-corrected chi connectivity index (χ3v) is 5.43. The zero-order chi connectivity index (χ0) is 21.2. The van der Waals surface area contributed by atoms with E-state index < -0.39 is 5.97 Å². The van der Waals surface area contributed by atoms with E-state index in [-0.39, 0.29) is 12.2 Å². The maximum absolute atomic E-state index is 10.5. The van der Waals surface area contributed by atoms with Gasteiger partial charge in [-0.3, -0.25) is 4.79 Å². The van der Waals surface area contributed by atoms with Gasteiger partial charge >= 0.3 is 5.97 Å². The van der Waals surface area contributed by atoms with E-state index in [2.05, 4.69) is 19.1 Å². The minimum atomic E-state index is -0.686. The van der Waals surface area contributed by atoms with E-state index in [1.807, 2.05) is 18.2 Å². The lowest BCUT2D eigenvalue weighted by molar-refractivity contribution is -0.137. The highest BCUT2D eigenvalue weighted by Gasteiger charge is 2.11. The molecule has 2 N–H and O–H groups in total. The molecule has 29 heavy (non-hydrogen) atoms. The van der Waals surface area contributed by atoms with Crippen molar-refractivity contribution in [2.24, 2.45) is 0 Å². The normalized spacial score (nSPS) is 13.3. The minimum Gasteiger partial charge on any atom is -0.481 e. The molecule has 0 aromatic heterocycles. The van der Waals surface area contributed by atoms with Gasteiger partial charge in [-0.15, -0.1) is 0 Å². The number of aliphatic hydroxyl groups excluding tert-OH is 1. The monoisotopic (exact) mass is 406 g/mol. The van der Waals surface area contributed by atoms with Gasteiger partial charge in [-0.25, -0.2) is 0 Å². The summed E-state index contributed by atoms with van der Waals surface area (Å²) in [6.07, 6.45) is 14.1. The van der Waals surface area contributed by atoms with Crippen LogP contribution in [0.15, 0.2) is 30.3 Å². The van der Waals surface area contributed by atoms with Gasteiger partial charge in [0.2, 0.25) is 0 Å². The Balaban J connectivity index is 2.21. The molecule has 4 nitrogen and oxygen atoms in total. The van der Waals surface area contributed by atoms with Crippen molar-refractivity contribution in [2.45, 2.75) is 116 Å². The van der Waals surface area contributed by atoms with E-state index >= 15 is 0 Å². The fourth-order valence-electron chi connectivity index (χ4n) is 3.69. The van der Waals surface area contributed by atoms with Crippen LogP contribution in [0.2, 0.25) is 0 Å². The van der Waals surface area contributed by atoms with Crippen LogP contribution in [0.5, 0.6) is 0 Å². The zero-order valence-electron chi connectivity index (χ0n) is 18.4. The van der Waals surface area contributed by atoms with Crippen LogP contribution < -0.4 is 0 Å². The summed E-state index contributed by atoms with van der Waals surface area (Å²) in [4.78, 5) is 10.5. The number of carbonyl (C=O) groups is 1. The molecule has 0 saturated heterocycles. The molecule has 0 aliphatic rings. The molecule has 2 unspecified atom stereocenters. The van der Waals surface area contributed by atoms with Gasteiger partial charge < -0.3 is 14.9 Å². The molecule has 0 bridgehead atoms. The van der Waals surface area contributed by atoms with Gasteiger partial charge in [0.1, 0.15) is 0 Å². The first kappa shape index (κ1) is 25.6. The molecule has 0 spiro atoms. The summed E-state index contributed by atoms with van der Waals surface area (Å²) in [6, 6.07) is 10.3. The van der Waals surface area contributed by atoms with Crippen LogP contribution in [0.3, 0.4) is 0 Å². The van der Waals surface area contributed by atoms with E-state index in [0.29, 0.717) is 13.0 Å². The van der Waals surface area contributed by atoms with E-state index in [1.165, 1.54) is 31.2 Å². The SMILES string of the molecule is CCCC(O)CCCC(CCCCCCCCCC(=O)O)OCc1ccccc1. The van der Waals surface area contributed by atoms with Crippen LogP contribution in [0.1, 0.15) is 102 Å². The van der Waals surface area contributed by atoms with E-state index in [9.17, 15) is 9.90 Å². The van der Waals surface area contributed by atoms with E-state index in [1.54, 1.807) is 0 Å². The number of benzene rings is 1. The Morgan fingerprint density at radius 1 is 0.862 bits per heavy atom. The first-order chi connectivity index (χ1) is 14.1. The summed E-state index contributed by atoms with van der Waals surface area (Å²) < 4.78 is 6.21. The molecule has 4 heteroatoms. The third-order valence-electron chi connectivity index (χ3n) is 5.43. The Bertz CT molecular complexity index is 503.